The van der Waals surface area contributed by atoms with Crippen LogP contribution in [0.2, 0.25) is 0 Å². The largest absolute Gasteiger partial charge is 0.507 e. The molecule has 2 aliphatic heterocycles. The second-order valence-corrected chi connectivity index (χ2v) is 12.2. The third kappa shape index (κ3) is 3.82. The minimum absolute atomic E-state index is 0.0536. The number of allylic oxidation sites excluding steroid dienone is 6. The van der Waals surface area contributed by atoms with Crippen LogP contribution < -0.4 is 4.90 Å². The van der Waals surface area contributed by atoms with Crippen molar-refractivity contribution in [3.63, 3.8) is 0 Å². The van der Waals surface area contributed by atoms with Crippen LogP contribution in [0.25, 0.3) is 4.85 Å². The summed E-state index contributed by atoms with van der Waals surface area (Å²) >= 11 is 0. The number of anilines is 1. The molecular weight excluding hydrogens is 512 g/mol. The molecule has 2 N–H and O–H groups in total. The molecule has 1 aliphatic carbocycles. The van der Waals surface area contributed by atoms with Gasteiger partial charge >= 0.3 is 0 Å². The first-order chi connectivity index (χ1) is 18.2. The number of fused-ring (bicyclic) bond motifs is 2. The summed E-state index contributed by atoms with van der Waals surface area (Å²) in [6, 6.07) is 14.2. The molecule has 9 heteroatoms. The molecule has 0 saturated carbocycles. The van der Waals surface area contributed by atoms with E-state index in [1.807, 2.05) is 56.1 Å². The van der Waals surface area contributed by atoms with E-state index in [1.165, 1.54) is 18.2 Å². The number of aliphatic imine (C=N–C) groups is 1. The van der Waals surface area contributed by atoms with Gasteiger partial charge in [-0.05, 0) is 47.5 Å². The fourth-order valence-electron chi connectivity index (χ4n) is 5.56. The van der Waals surface area contributed by atoms with Crippen LogP contribution in [0.5, 0.6) is 0 Å². The summed E-state index contributed by atoms with van der Waals surface area (Å²) in [6.07, 6.45) is 3.47. The lowest BCUT2D eigenvalue weighted by atomic mass is 9.75. The van der Waals surface area contributed by atoms with Gasteiger partial charge < -0.3 is 10.0 Å². The molecule has 0 radical (unpaired) electrons. The number of likely N-dealkylation sites (N-methyl/N-ethyl adjacent to an activating group) is 1. The van der Waals surface area contributed by atoms with Crippen LogP contribution in [-0.4, -0.2) is 30.8 Å². The Kier molecular flexibility index (Phi) is 5.73. The van der Waals surface area contributed by atoms with Crippen LogP contribution in [0.15, 0.2) is 98.4 Å². The summed E-state index contributed by atoms with van der Waals surface area (Å²) in [6.45, 7) is 15.5. The topological polar surface area (TPSA) is 118 Å². The average Bonchev–Trinajstić information content (AvgIpc) is 3.25. The van der Waals surface area contributed by atoms with E-state index in [0.717, 1.165) is 16.9 Å². The first-order valence-corrected chi connectivity index (χ1v) is 13.6. The van der Waals surface area contributed by atoms with E-state index in [-0.39, 0.29) is 21.8 Å². The van der Waals surface area contributed by atoms with E-state index in [1.54, 1.807) is 6.08 Å². The highest BCUT2D eigenvalue weighted by Gasteiger charge is 2.42. The zero-order valence-electron chi connectivity index (χ0n) is 22.1. The molecule has 0 spiro atoms. The van der Waals surface area contributed by atoms with Gasteiger partial charge in [0.2, 0.25) is 0 Å². The van der Waals surface area contributed by atoms with Crippen molar-refractivity contribution in [2.75, 3.05) is 11.9 Å². The third-order valence-corrected chi connectivity index (χ3v) is 8.68. The Morgan fingerprint density at radius 2 is 1.79 bits per heavy atom. The highest BCUT2D eigenvalue weighted by molar-refractivity contribution is 7.85. The van der Waals surface area contributed by atoms with Crippen LogP contribution in [0.1, 0.15) is 38.8 Å². The second-order valence-electron chi connectivity index (χ2n) is 10.8. The number of rotatable bonds is 3. The number of para-hydroxylation sites is 1. The van der Waals surface area contributed by atoms with E-state index < -0.39 is 15.5 Å². The number of nitriles is 1. The molecule has 5 rings (SSSR count). The van der Waals surface area contributed by atoms with Gasteiger partial charge in [0.1, 0.15) is 5.76 Å². The second kappa shape index (κ2) is 8.54. The Balaban J connectivity index is 1.63. The Morgan fingerprint density at radius 1 is 1.10 bits per heavy atom. The van der Waals surface area contributed by atoms with Crippen molar-refractivity contribution in [1.82, 2.24) is 0 Å². The van der Waals surface area contributed by atoms with E-state index in [2.05, 4.69) is 29.8 Å². The van der Waals surface area contributed by atoms with Crippen LogP contribution in [0, 0.1) is 17.9 Å². The lowest BCUT2D eigenvalue weighted by molar-refractivity contribution is 0.410. The maximum atomic E-state index is 11.7. The van der Waals surface area contributed by atoms with Gasteiger partial charge in [0.25, 0.3) is 15.8 Å². The number of benzene rings is 2. The molecule has 0 amide bonds. The Labute approximate surface area is 227 Å². The van der Waals surface area contributed by atoms with E-state index >= 15 is 0 Å². The van der Waals surface area contributed by atoms with E-state index in [0.29, 0.717) is 33.7 Å². The van der Waals surface area contributed by atoms with Crippen LogP contribution >= 0.6 is 0 Å². The number of nitrogens with zero attached hydrogens (tertiary/aromatic N) is 4. The van der Waals surface area contributed by atoms with Crippen molar-refractivity contribution in [2.45, 2.75) is 43.4 Å². The first kappa shape index (κ1) is 26.2. The molecule has 8 nitrogen and oxygen atoms in total. The summed E-state index contributed by atoms with van der Waals surface area (Å²) in [5, 5.41) is 21.0. The SMILES string of the molecule is [C-]#[N+]/C(C#N)=C1/C(=CC2=Nc3ccc(S(=O)(=O)O)cc3C2(C)C)C(O)=C1C=C1N(C)c2ccccc2C1(C)C. The maximum absolute atomic E-state index is 11.7. The quantitative estimate of drug-likeness (QED) is 0.279. The molecule has 3 aliphatic rings. The first-order valence-electron chi connectivity index (χ1n) is 12.2. The number of aliphatic hydroxyl groups excluding tert-OH is 1. The standard InChI is InChI=1S/C30H26N4O4S/c1-29(2)21-13-17(39(36,37)38)11-12-22(21)33-25(29)14-18-27(23(16-31)32-5)19(28(18)35)15-26-30(3,4)20-9-7-8-10-24(20)34(26)6/h7-15,35H,1-4,6H3,(H,36,37,38)/b18-14?,26-15?,27-23-. The van der Waals surface area contributed by atoms with Crippen molar-refractivity contribution >= 4 is 27.2 Å². The van der Waals surface area contributed by atoms with Gasteiger partial charge in [-0.2, -0.15) is 8.42 Å². The van der Waals surface area contributed by atoms with Gasteiger partial charge in [0, 0.05) is 46.0 Å². The molecule has 2 aromatic carbocycles. The smallest absolute Gasteiger partial charge is 0.294 e. The zero-order valence-corrected chi connectivity index (χ0v) is 22.9. The fraction of sp³-hybridized carbons (Fsp3) is 0.233. The van der Waals surface area contributed by atoms with Gasteiger partial charge in [-0.1, -0.05) is 45.9 Å². The molecule has 0 fully saturated rings. The molecule has 0 atom stereocenters. The number of hydrogen-bond donors (Lipinski definition) is 2. The lowest BCUT2D eigenvalue weighted by Gasteiger charge is -2.30. The highest BCUT2D eigenvalue weighted by atomic mass is 32.2. The molecule has 39 heavy (non-hydrogen) atoms. The normalized spacial score (nSPS) is 22.2. The molecule has 0 bridgehead atoms. The molecule has 0 saturated heterocycles. The van der Waals surface area contributed by atoms with E-state index in [9.17, 15) is 23.3 Å². The minimum atomic E-state index is -4.40. The lowest BCUT2D eigenvalue weighted by Crippen LogP contribution is -2.27. The highest BCUT2D eigenvalue weighted by Crippen LogP contribution is 2.50. The van der Waals surface area contributed by atoms with Gasteiger partial charge in [-0.3, -0.25) is 9.55 Å². The van der Waals surface area contributed by atoms with Gasteiger partial charge in [-0.15, -0.1) is 0 Å². The van der Waals surface area contributed by atoms with Gasteiger partial charge in [0.05, 0.1) is 28.9 Å². The molecule has 2 heterocycles. The molecule has 2 aromatic rings. The van der Waals surface area contributed by atoms with E-state index in [4.69, 9.17) is 6.57 Å². The van der Waals surface area contributed by atoms with Crippen molar-refractivity contribution in [1.29, 1.82) is 5.26 Å². The summed E-state index contributed by atoms with van der Waals surface area (Å²) in [5.74, 6) is -0.0536. The van der Waals surface area contributed by atoms with Crippen molar-refractivity contribution in [2.24, 2.45) is 4.99 Å². The van der Waals surface area contributed by atoms with Crippen molar-refractivity contribution in [3.05, 3.63) is 111 Å². The maximum Gasteiger partial charge on any atom is 0.294 e. The van der Waals surface area contributed by atoms with Crippen LogP contribution in [0.4, 0.5) is 11.4 Å². The van der Waals surface area contributed by atoms with Crippen molar-refractivity contribution < 1.29 is 18.1 Å². The van der Waals surface area contributed by atoms with Crippen molar-refractivity contribution in [3.8, 4) is 6.07 Å². The monoisotopic (exact) mass is 538 g/mol. The van der Waals surface area contributed by atoms with Gasteiger partial charge in [-0.25, -0.2) is 10.1 Å². The summed E-state index contributed by atoms with van der Waals surface area (Å²) in [5.41, 5.74) is 4.50. The summed E-state index contributed by atoms with van der Waals surface area (Å²) in [7, 11) is -2.45. The third-order valence-electron chi connectivity index (χ3n) is 7.83. The molecule has 0 aromatic heterocycles. The molecular formula is C30H26N4O4S. The fourth-order valence-corrected chi connectivity index (χ4v) is 6.07. The predicted octanol–water partition coefficient (Wildman–Crippen LogP) is 6.06. The zero-order chi connectivity index (χ0) is 28.5. The minimum Gasteiger partial charge on any atom is -0.507 e. The number of aliphatic hydroxyl groups is 1. The number of hydrogen-bond acceptors (Lipinski definition) is 6. The predicted molar refractivity (Wildman–Crippen MR) is 149 cm³/mol. The molecule has 196 valence electrons. The summed E-state index contributed by atoms with van der Waals surface area (Å²) in [4.78, 5) is 9.89. The Hall–Kier alpha value is -4.44. The Morgan fingerprint density at radius 3 is 2.41 bits per heavy atom. The van der Waals surface area contributed by atoms with Gasteiger partial charge in [0.15, 0.2) is 0 Å². The molecule has 0 unspecified atom stereocenters. The van der Waals surface area contributed by atoms with Crippen LogP contribution in [-0.2, 0) is 20.9 Å². The summed E-state index contributed by atoms with van der Waals surface area (Å²) < 4.78 is 32.9. The van der Waals surface area contributed by atoms with Crippen LogP contribution in [0.3, 0.4) is 0 Å². The average molecular weight is 539 g/mol. The Bertz CT molecular complexity index is 1810.